The number of halogens is 1. The van der Waals surface area contributed by atoms with Gasteiger partial charge in [-0.1, -0.05) is 97.1 Å². The van der Waals surface area contributed by atoms with E-state index in [1.807, 2.05) is 67.6 Å². The summed E-state index contributed by atoms with van der Waals surface area (Å²) < 4.78 is 0.987. The molecule has 1 aromatic heterocycles. The lowest BCUT2D eigenvalue weighted by Gasteiger charge is -2.16. The fourth-order valence-corrected chi connectivity index (χ4v) is 4.92. The molecule has 0 fully saturated rings. The number of allylic oxidation sites excluding steroid dienone is 1. The van der Waals surface area contributed by atoms with E-state index in [-0.39, 0.29) is 0 Å². The van der Waals surface area contributed by atoms with Crippen LogP contribution in [0, 0.1) is 6.92 Å². The first-order valence-corrected chi connectivity index (χ1v) is 11.7. The van der Waals surface area contributed by atoms with Gasteiger partial charge in [0.15, 0.2) is 17.5 Å². The molecule has 5 aromatic rings. The average molecular weight is 492 g/mol. The van der Waals surface area contributed by atoms with Crippen molar-refractivity contribution >= 4 is 32.8 Å². The number of fused-ring (bicyclic) bond motifs is 1. The van der Waals surface area contributed by atoms with Gasteiger partial charge in [0.25, 0.3) is 0 Å². The molecule has 0 radical (unpaired) electrons. The summed E-state index contributed by atoms with van der Waals surface area (Å²) in [5.41, 5.74) is 5.24. The van der Waals surface area contributed by atoms with Crippen LogP contribution in [0.4, 0.5) is 0 Å². The number of hydrogen-bond donors (Lipinski definition) is 0. The molecule has 4 heteroatoms. The maximum absolute atomic E-state index is 4.96. The molecule has 0 unspecified atom stereocenters. The van der Waals surface area contributed by atoms with Crippen LogP contribution in [-0.4, -0.2) is 15.0 Å². The standard InChI is InChI=1S/C29H22BrN3/c1-3-12-23-19(2)22-17-10-11-18-24(22)25(26(23)30)29-32-27(20-13-6-4-7-14-20)31-28(33-29)21-15-8-5-9-16-21/h3-18H,1-2H3/b12-3-. The lowest BCUT2D eigenvalue weighted by molar-refractivity contribution is 1.07. The zero-order valence-corrected chi connectivity index (χ0v) is 20.0. The Kier molecular flexibility index (Phi) is 5.84. The van der Waals surface area contributed by atoms with Gasteiger partial charge >= 0.3 is 0 Å². The van der Waals surface area contributed by atoms with Gasteiger partial charge in [0.2, 0.25) is 0 Å². The Hall–Kier alpha value is -3.63. The number of nitrogens with zero attached hydrogens (tertiary/aromatic N) is 3. The van der Waals surface area contributed by atoms with Crippen molar-refractivity contribution in [2.75, 3.05) is 0 Å². The third-order valence-electron chi connectivity index (χ3n) is 5.72. The Balaban J connectivity index is 1.87. The van der Waals surface area contributed by atoms with Crippen molar-refractivity contribution in [3.05, 3.63) is 107 Å². The molecule has 1 heterocycles. The highest BCUT2D eigenvalue weighted by atomic mass is 79.9. The van der Waals surface area contributed by atoms with Crippen molar-refractivity contribution in [2.24, 2.45) is 0 Å². The van der Waals surface area contributed by atoms with Crippen LogP contribution in [0.25, 0.3) is 51.0 Å². The molecular weight excluding hydrogens is 470 g/mol. The molecule has 0 aliphatic rings. The summed E-state index contributed by atoms with van der Waals surface area (Å²) in [5.74, 6) is 1.96. The predicted octanol–water partition coefficient (Wildman–Crippen LogP) is 8.13. The maximum Gasteiger partial charge on any atom is 0.165 e. The molecule has 0 spiro atoms. The molecule has 0 bridgehead atoms. The first-order chi connectivity index (χ1) is 16.2. The van der Waals surface area contributed by atoms with Gasteiger partial charge in [-0.05, 0) is 51.7 Å². The molecule has 160 valence electrons. The minimum Gasteiger partial charge on any atom is -0.208 e. The summed E-state index contributed by atoms with van der Waals surface area (Å²) in [5, 5.41) is 2.30. The second kappa shape index (κ2) is 9.08. The van der Waals surface area contributed by atoms with Crippen molar-refractivity contribution < 1.29 is 0 Å². The van der Waals surface area contributed by atoms with Gasteiger partial charge < -0.3 is 0 Å². The van der Waals surface area contributed by atoms with E-state index in [1.165, 1.54) is 10.9 Å². The summed E-state index contributed by atoms with van der Waals surface area (Å²) in [6, 6.07) is 28.5. The second-order valence-corrected chi connectivity index (χ2v) is 8.60. The topological polar surface area (TPSA) is 38.7 Å². The molecule has 0 aliphatic carbocycles. The number of aromatic nitrogens is 3. The zero-order chi connectivity index (χ0) is 22.8. The first-order valence-electron chi connectivity index (χ1n) is 10.9. The third kappa shape index (κ3) is 3.98. The minimum absolute atomic E-state index is 0.650. The molecular formula is C29H22BrN3. The molecule has 5 rings (SSSR count). The van der Waals surface area contributed by atoms with Crippen LogP contribution in [0.3, 0.4) is 0 Å². The summed E-state index contributed by atoms with van der Waals surface area (Å²) >= 11 is 3.90. The van der Waals surface area contributed by atoms with E-state index >= 15 is 0 Å². The van der Waals surface area contributed by atoms with Gasteiger partial charge in [0.1, 0.15) is 0 Å². The lowest BCUT2D eigenvalue weighted by atomic mass is 9.94. The van der Waals surface area contributed by atoms with Gasteiger partial charge in [-0.15, -0.1) is 0 Å². The normalized spacial score (nSPS) is 11.4. The zero-order valence-electron chi connectivity index (χ0n) is 18.5. The quantitative estimate of drug-likeness (QED) is 0.254. The number of aryl methyl sites for hydroxylation is 1. The summed E-state index contributed by atoms with van der Waals surface area (Å²) in [7, 11) is 0. The highest BCUT2D eigenvalue weighted by molar-refractivity contribution is 9.10. The van der Waals surface area contributed by atoms with E-state index in [0.29, 0.717) is 17.5 Å². The van der Waals surface area contributed by atoms with Crippen LogP contribution in [0.15, 0.2) is 95.5 Å². The minimum atomic E-state index is 0.650. The molecule has 0 aliphatic heterocycles. The Labute approximate surface area is 202 Å². The second-order valence-electron chi connectivity index (χ2n) is 7.81. The van der Waals surface area contributed by atoms with Crippen LogP contribution in [-0.2, 0) is 0 Å². The number of hydrogen-bond acceptors (Lipinski definition) is 3. The van der Waals surface area contributed by atoms with Crippen LogP contribution in [0.2, 0.25) is 0 Å². The van der Waals surface area contributed by atoms with E-state index in [9.17, 15) is 0 Å². The number of rotatable bonds is 4. The molecule has 0 saturated heterocycles. The van der Waals surface area contributed by atoms with E-state index in [2.05, 4.69) is 59.3 Å². The molecule has 33 heavy (non-hydrogen) atoms. The molecule has 0 saturated carbocycles. The predicted molar refractivity (Wildman–Crippen MR) is 141 cm³/mol. The summed E-state index contributed by atoms with van der Waals surface area (Å²) in [6.07, 6.45) is 4.19. The maximum atomic E-state index is 4.96. The van der Waals surface area contributed by atoms with Crippen molar-refractivity contribution in [3.8, 4) is 34.2 Å². The highest BCUT2D eigenvalue weighted by Crippen LogP contribution is 2.40. The SMILES string of the molecule is C/C=C\c1c(Br)c(-c2nc(-c3ccccc3)nc(-c3ccccc3)n2)c2ccccc2c1C. The lowest BCUT2D eigenvalue weighted by Crippen LogP contribution is -2.02. The van der Waals surface area contributed by atoms with Crippen molar-refractivity contribution in [1.82, 2.24) is 15.0 Å². The molecule has 0 N–H and O–H groups in total. The van der Waals surface area contributed by atoms with Crippen molar-refractivity contribution in [1.29, 1.82) is 0 Å². The van der Waals surface area contributed by atoms with Crippen LogP contribution in [0.1, 0.15) is 18.1 Å². The van der Waals surface area contributed by atoms with Crippen molar-refractivity contribution in [2.45, 2.75) is 13.8 Å². The van der Waals surface area contributed by atoms with Gasteiger partial charge in [0, 0.05) is 21.2 Å². The van der Waals surface area contributed by atoms with Crippen LogP contribution >= 0.6 is 15.9 Å². The van der Waals surface area contributed by atoms with E-state index < -0.39 is 0 Å². The molecule has 0 amide bonds. The van der Waals surface area contributed by atoms with Crippen LogP contribution in [0.5, 0.6) is 0 Å². The summed E-state index contributed by atoms with van der Waals surface area (Å²) in [4.78, 5) is 14.8. The Morgan fingerprint density at radius 3 is 1.67 bits per heavy atom. The largest absolute Gasteiger partial charge is 0.208 e. The van der Waals surface area contributed by atoms with Gasteiger partial charge in [-0.25, -0.2) is 15.0 Å². The monoisotopic (exact) mass is 491 g/mol. The molecule has 3 nitrogen and oxygen atoms in total. The Morgan fingerprint density at radius 1 is 0.636 bits per heavy atom. The van der Waals surface area contributed by atoms with Gasteiger partial charge in [-0.3, -0.25) is 0 Å². The first kappa shape index (κ1) is 21.2. The highest BCUT2D eigenvalue weighted by Gasteiger charge is 2.20. The summed E-state index contributed by atoms with van der Waals surface area (Å²) in [6.45, 7) is 4.19. The number of benzene rings is 4. The Morgan fingerprint density at radius 2 is 1.12 bits per heavy atom. The van der Waals surface area contributed by atoms with Crippen LogP contribution < -0.4 is 0 Å². The average Bonchev–Trinajstić information content (AvgIpc) is 2.87. The van der Waals surface area contributed by atoms with Gasteiger partial charge in [-0.2, -0.15) is 0 Å². The fourth-order valence-electron chi connectivity index (χ4n) is 4.09. The van der Waals surface area contributed by atoms with Gasteiger partial charge in [0.05, 0.1) is 0 Å². The smallest absolute Gasteiger partial charge is 0.165 e. The van der Waals surface area contributed by atoms with E-state index in [4.69, 9.17) is 15.0 Å². The molecule has 0 atom stereocenters. The Bertz CT molecular complexity index is 1420. The van der Waals surface area contributed by atoms with E-state index in [1.54, 1.807) is 0 Å². The molecule has 4 aromatic carbocycles. The fraction of sp³-hybridized carbons (Fsp3) is 0.0690. The third-order valence-corrected chi connectivity index (χ3v) is 6.54. The van der Waals surface area contributed by atoms with Crippen molar-refractivity contribution in [3.63, 3.8) is 0 Å². The van der Waals surface area contributed by atoms with E-state index in [0.717, 1.165) is 32.1 Å².